The Morgan fingerprint density at radius 3 is 2.35 bits per heavy atom. The molecule has 0 aromatic heterocycles. The Bertz CT molecular complexity index is 962. The van der Waals surface area contributed by atoms with Crippen LogP contribution in [0, 0.1) is 0 Å². The smallest absolute Gasteiger partial charge is 0.337 e. The second-order valence-electron chi connectivity index (χ2n) is 7.49. The SMILES string of the molecule is COC(=O)c1ccc(CNC(=O)C2=C(Cc3cccc(OC)c3OC)CCCC2)cc1. The molecule has 6 heteroatoms. The van der Waals surface area contributed by atoms with Crippen LogP contribution in [0.25, 0.3) is 0 Å². The number of ether oxygens (including phenoxy) is 3. The number of nitrogens with one attached hydrogen (secondary N) is 1. The standard InChI is InChI=1S/C25H29NO5/c1-29-22-10-6-8-20(23(22)30-2)15-19-7-4-5-9-21(19)24(27)26-16-17-11-13-18(14-12-17)25(28)31-3/h6,8,10-14H,4-5,7,9,15-16H2,1-3H3,(H,26,27). The summed E-state index contributed by atoms with van der Waals surface area (Å²) < 4.78 is 15.7. The second kappa shape index (κ2) is 10.7. The topological polar surface area (TPSA) is 73.9 Å². The van der Waals surface area contributed by atoms with Crippen molar-refractivity contribution in [1.82, 2.24) is 5.32 Å². The molecule has 0 saturated heterocycles. The summed E-state index contributed by atoms with van der Waals surface area (Å²) in [5, 5.41) is 3.03. The molecule has 0 aliphatic heterocycles. The fraction of sp³-hybridized carbons (Fsp3) is 0.360. The monoisotopic (exact) mass is 423 g/mol. The van der Waals surface area contributed by atoms with E-state index < -0.39 is 0 Å². The molecule has 1 N–H and O–H groups in total. The molecule has 0 spiro atoms. The van der Waals surface area contributed by atoms with E-state index in [0.717, 1.165) is 48.0 Å². The summed E-state index contributed by atoms with van der Waals surface area (Å²) in [7, 11) is 4.61. The number of carbonyl (C=O) groups is 2. The Hall–Kier alpha value is -3.28. The van der Waals surface area contributed by atoms with Gasteiger partial charge in [-0.25, -0.2) is 4.79 Å². The first-order chi connectivity index (χ1) is 15.1. The van der Waals surface area contributed by atoms with Gasteiger partial charge in [0, 0.05) is 17.7 Å². The van der Waals surface area contributed by atoms with Crippen molar-refractivity contribution in [3.8, 4) is 11.5 Å². The third kappa shape index (κ3) is 5.45. The number of benzene rings is 2. The predicted molar refractivity (Wildman–Crippen MR) is 118 cm³/mol. The third-order valence-corrected chi connectivity index (χ3v) is 5.57. The number of hydrogen-bond acceptors (Lipinski definition) is 5. The van der Waals surface area contributed by atoms with Crippen LogP contribution < -0.4 is 14.8 Å². The van der Waals surface area contributed by atoms with E-state index >= 15 is 0 Å². The minimum Gasteiger partial charge on any atom is -0.493 e. The molecule has 31 heavy (non-hydrogen) atoms. The Morgan fingerprint density at radius 1 is 0.935 bits per heavy atom. The van der Waals surface area contributed by atoms with Crippen LogP contribution in [0.3, 0.4) is 0 Å². The molecule has 0 unspecified atom stereocenters. The maximum absolute atomic E-state index is 13.0. The lowest BCUT2D eigenvalue weighted by Crippen LogP contribution is -2.27. The average Bonchev–Trinajstić information content (AvgIpc) is 2.82. The minimum atomic E-state index is -0.374. The fourth-order valence-electron chi connectivity index (χ4n) is 3.93. The van der Waals surface area contributed by atoms with Crippen LogP contribution in [0.5, 0.6) is 11.5 Å². The number of esters is 1. The van der Waals surface area contributed by atoms with Gasteiger partial charge in [0.2, 0.25) is 5.91 Å². The van der Waals surface area contributed by atoms with E-state index in [1.165, 1.54) is 7.11 Å². The van der Waals surface area contributed by atoms with Crippen molar-refractivity contribution >= 4 is 11.9 Å². The summed E-state index contributed by atoms with van der Waals surface area (Å²) >= 11 is 0. The first-order valence-corrected chi connectivity index (χ1v) is 10.4. The molecule has 0 fully saturated rings. The van der Waals surface area contributed by atoms with Crippen LogP contribution in [0.1, 0.15) is 47.2 Å². The van der Waals surface area contributed by atoms with Crippen molar-refractivity contribution in [2.75, 3.05) is 21.3 Å². The molecule has 2 aromatic rings. The molecule has 1 aliphatic rings. The van der Waals surface area contributed by atoms with Gasteiger partial charge in [0.1, 0.15) is 0 Å². The highest BCUT2D eigenvalue weighted by molar-refractivity contribution is 5.94. The van der Waals surface area contributed by atoms with Crippen LogP contribution in [0.15, 0.2) is 53.6 Å². The van der Waals surface area contributed by atoms with Gasteiger partial charge in [-0.2, -0.15) is 0 Å². The van der Waals surface area contributed by atoms with E-state index in [9.17, 15) is 9.59 Å². The molecule has 3 rings (SSSR count). The van der Waals surface area contributed by atoms with Crippen LogP contribution in [-0.2, 0) is 22.5 Å². The molecule has 164 valence electrons. The van der Waals surface area contributed by atoms with Crippen LogP contribution >= 0.6 is 0 Å². The first kappa shape index (κ1) is 22.4. The van der Waals surface area contributed by atoms with Crippen molar-refractivity contribution in [3.05, 3.63) is 70.3 Å². The molecular weight excluding hydrogens is 394 g/mol. The lowest BCUT2D eigenvalue weighted by molar-refractivity contribution is -0.118. The quantitative estimate of drug-likeness (QED) is 0.644. The van der Waals surface area contributed by atoms with Gasteiger partial charge in [-0.15, -0.1) is 0 Å². The van der Waals surface area contributed by atoms with Crippen molar-refractivity contribution in [3.63, 3.8) is 0 Å². The van der Waals surface area contributed by atoms with Crippen molar-refractivity contribution in [2.45, 2.75) is 38.6 Å². The summed E-state index contributed by atoms with van der Waals surface area (Å²) in [5.41, 5.74) is 4.44. The Kier molecular flexibility index (Phi) is 7.70. The van der Waals surface area contributed by atoms with Crippen molar-refractivity contribution in [1.29, 1.82) is 0 Å². The van der Waals surface area contributed by atoms with Gasteiger partial charge in [-0.1, -0.05) is 29.8 Å². The fourth-order valence-corrected chi connectivity index (χ4v) is 3.93. The van der Waals surface area contributed by atoms with Crippen LogP contribution in [0.2, 0.25) is 0 Å². The number of para-hydroxylation sites is 1. The zero-order valence-corrected chi connectivity index (χ0v) is 18.3. The highest BCUT2D eigenvalue weighted by atomic mass is 16.5. The van der Waals surface area contributed by atoms with Gasteiger partial charge in [0.05, 0.1) is 26.9 Å². The normalized spacial score (nSPS) is 13.5. The third-order valence-electron chi connectivity index (χ3n) is 5.57. The molecule has 0 heterocycles. The minimum absolute atomic E-state index is 0.0337. The van der Waals surface area contributed by atoms with E-state index in [1.54, 1.807) is 26.4 Å². The molecule has 1 amide bonds. The van der Waals surface area contributed by atoms with E-state index in [4.69, 9.17) is 14.2 Å². The summed E-state index contributed by atoms with van der Waals surface area (Å²) in [6.07, 6.45) is 4.42. The number of carbonyl (C=O) groups excluding carboxylic acids is 2. The lowest BCUT2D eigenvalue weighted by atomic mass is 9.87. The van der Waals surface area contributed by atoms with E-state index in [2.05, 4.69) is 5.32 Å². The van der Waals surface area contributed by atoms with Gasteiger partial charge >= 0.3 is 5.97 Å². The van der Waals surface area contributed by atoms with Crippen LogP contribution in [-0.4, -0.2) is 33.2 Å². The largest absolute Gasteiger partial charge is 0.493 e. The Balaban J connectivity index is 1.73. The second-order valence-corrected chi connectivity index (χ2v) is 7.49. The number of rotatable bonds is 8. The summed E-state index contributed by atoms with van der Waals surface area (Å²) in [4.78, 5) is 24.5. The zero-order chi connectivity index (χ0) is 22.2. The lowest BCUT2D eigenvalue weighted by Gasteiger charge is -2.21. The average molecular weight is 424 g/mol. The Morgan fingerprint density at radius 2 is 1.68 bits per heavy atom. The molecule has 6 nitrogen and oxygen atoms in total. The number of methoxy groups -OCH3 is 3. The van der Waals surface area contributed by atoms with Gasteiger partial charge in [0.15, 0.2) is 11.5 Å². The van der Waals surface area contributed by atoms with Gasteiger partial charge in [-0.3, -0.25) is 4.79 Å². The Labute approximate surface area is 183 Å². The molecule has 0 bridgehead atoms. The maximum atomic E-state index is 13.0. The maximum Gasteiger partial charge on any atom is 0.337 e. The number of allylic oxidation sites excluding steroid dienone is 1. The zero-order valence-electron chi connectivity index (χ0n) is 18.3. The molecular formula is C25H29NO5. The number of hydrogen-bond donors (Lipinski definition) is 1. The summed E-state index contributed by atoms with van der Waals surface area (Å²) in [6, 6.07) is 12.9. The van der Waals surface area contributed by atoms with Crippen LogP contribution in [0.4, 0.5) is 0 Å². The van der Waals surface area contributed by atoms with E-state index in [-0.39, 0.29) is 11.9 Å². The highest BCUT2D eigenvalue weighted by Crippen LogP contribution is 2.35. The van der Waals surface area contributed by atoms with E-state index in [0.29, 0.717) is 30.0 Å². The molecule has 0 saturated carbocycles. The predicted octanol–water partition coefficient (Wildman–Crippen LogP) is 4.22. The highest BCUT2D eigenvalue weighted by Gasteiger charge is 2.21. The first-order valence-electron chi connectivity index (χ1n) is 10.4. The van der Waals surface area contributed by atoms with E-state index in [1.807, 2.05) is 30.3 Å². The van der Waals surface area contributed by atoms with Gasteiger partial charge < -0.3 is 19.5 Å². The number of amides is 1. The molecule has 2 aromatic carbocycles. The van der Waals surface area contributed by atoms with Crippen molar-refractivity contribution in [2.24, 2.45) is 0 Å². The molecule has 0 atom stereocenters. The molecule has 0 radical (unpaired) electrons. The summed E-state index contributed by atoms with van der Waals surface area (Å²) in [6.45, 7) is 0.402. The van der Waals surface area contributed by atoms with Crippen molar-refractivity contribution < 1.29 is 23.8 Å². The molecule has 1 aliphatic carbocycles. The van der Waals surface area contributed by atoms with Gasteiger partial charge in [0.25, 0.3) is 0 Å². The summed E-state index contributed by atoms with van der Waals surface area (Å²) in [5.74, 6) is 1.00. The van der Waals surface area contributed by atoms with Gasteiger partial charge in [-0.05, 0) is 55.9 Å².